The van der Waals surface area contributed by atoms with Crippen molar-refractivity contribution in [1.82, 2.24) is 15.5 Å². The Morgan fingerprint density at radius 3 is 2.50 bits per heavy atom. The second kappa shape index (κ2) is 11.1. The summed E-state index contributed by atoms with van der Waals surface area (Å²) in [4.78, 5) is 18.4. The number of rotatable bonds is 8. The molecule has 0 saturated heterocycles. The van der Waals surface area contributed by atoms with Crippen molar-refractivity contribution in [2.24, 2.45) is 4.99 Å². The number of hydrogen-bond acceptors (Lipinski definition) is 3. The van der Waals surface area contributed by atoms with Gasteiger partial charge >= 0.3 is 0 Å². The van der Waals surface area contributed by atoms with E-state index in [2.05, 4.69) is 52.1 Å². The molecule has 3 N–H and O–H groups in total. The van der Waals surface area contributed by atoms with Crippen LogP contribution in [0, 0.1) is 6.92 Å². The molecular formula is C22H31N5O. The van der Waals surface area contributed by atoms with E-state index in [-0.39, 0.29) is 5.91 Å². The first-order valence-electron chi connectivity index (χ1n) is 9.57. The van der Waals surface area contributed by atoms with Gasteiger partial charge in [0.2, 0.25) is 5.91 Å². The van der Waals surface area contributed by atoms with Crippen molar-refractivity contribution >= 4 is 17.6 Å². The van der Waals surface area contributed by atoms with Crippen molar-refractivity contribution in [1.29, 1.82) is 0 Å². The monoisotopic (exact) mass is 381 g/mol. The SMILES string of the molecule is CCNC(=NCc1cccc(C)c1)NCc1cccc(NC(=O)CN(C)C)c1. The van der Waals surface area contributed by atoms with Crippen molar-refractivity contribution < 1.29 is 4.79 Å². The van der Waals surface area contributed by atoms with E-state index in [9.17, 15) is 4.79 Å². The molecule has 0 atom stereocenters. The minimum atomic E-state index is -0.0248. The Morgan fingerprint density at radius 1 is 1.04 bits per heavy atom. The fourth-order valence-electron chi connectivity index (χ4n) is 2.76. The van der Waals surface area contributed by atoms with Gasteiger partial charge < -0.3 is 20.9 Å². The molecule has 1 amide bonds. The van der Waals surface area contributed by atoms with Gasteiger partial charge in [0.1, 0.15) is 0 Å². The zero-order valence-corrected chi connectivity index (χ0v) is 17.2. The number of nitrogens with zero attached hydrogens (tertiary/aromatic N) is 2. The molecule has 6 nitrogen and oxygen atoms in total. The Morgan fingerprint density at radius 2 is 1.79 bits per heavy atom. The first-order chi connectivity index (χ1) is 13.5. The fourth-order valence-corrected chi connectivity index (χ4v) is 2.76. The summed E-state index contributed by atoms with van der Waals surface area (Å²) < 4.78 is 0. The lowest BCUT2D eigenvalue weighted by Gasteiger charge is -2.13. The Kier molecular flexibility index (Phi) is 8.49. The molecule has 6 heteroatoms. The average molecular weight is 382 g/mol. The summed E-state index contributed by atoms with van der Waals surface area (Å²) >= 11 is 0. The second-order valence-electron chi connectivity index (χ2n) is 7.02. The van der Waals surface area contributed by atoms with Crippen LogP contribution in [0.1, 0.15) is 23.6 Å². The molecule has 2 aromatic carbocycles. The fraction of sp³-hybridized carbons (Fsp3) is 0.364. The molecule has 0 unspecified atom stereocenters. The van der Waals surface area contributed by atoms with Crippen LogP contribution in [0.3, 0.4) is 0 Å². The Labute approximate surface area is 168 Å². The van der Waals surface area contributed by atoms with Gasteiger partial charge in [0.05, 0.1) is 13.1 Å². The third kappa shape index (κ3) is 7.80. The summed E-state index contributed by atoms with van der Waals surface area (Å²) in [6.45, 7) is 6.53. The summed E-state index contributed by atoms with van der Waals surface area (Å²) in [7, 11) is 3.75. The zero-order valence-electron chi connectivity index (χ0n) is 17.2. The lowest BCUT2D eigenvalue weighted by molar-refractivity contribution is -0.116. The van der Waals surface area contributed by atoms with Crippen LogP contribution >= 0.6 is 0 Å². The van der Waals surface area contributed by atoms with E-state index in [1.807, 2.05) is 50.2 Å². The van der Waals surface area contributed by atoms with Crippen molar-refractivity contribution in [3.63, 3.8) is 0 Å². The molecule has 0 saturated carbocycles. The highest BCUT2D eigenvalue weighted by molar-refractivity contribution is 5.92. The number of carbonyl (C=O) groups excluding carboxylic acids is 1. The Balaban J connectivity index is 1.96. The lowest BCUT2D eigenvalue weighted by Crippen LogP contribution is -2.36. The minimum absolute atomic E-state index is 0.0248. The molecule has 0 radical (unpaired) electrons. The predicted octanol–water partition coefficient (Wildman–Crippen LogP) is 2.75. The van der Waals surface area contributed by atoms with Crippen LogP contribution in [0.15, 0.2) is 53.5 Å². The third-order valence-electron chi connectivity index (χ3n) is 3.98. The molecular weight excluding hydrogens is 350 g/mol. The minimum Gasteiger partial charge on any atom is -0.357 e. The highest BCUT2D eigenvalue weighted by Gasteiger charge is 2.05. The standard InChI is InChI=1S/C22H31N5O/c1-5-23-22(24-14-18-9-6-8-17(2)12-18)25-15-19-10-7-11-20(13-19)26-21(28)16-27(3)4/h6-13H,5,14-16H2,1-4H3,(H,26,28)(H2,23,24,25). The number of aliphatic imine (C=N–C) groups is 1. The average Bonchev–Trinajstić information content (AvgIpc) is 2.63. The summed E-state index contributed by atoms with van der Waals surface area (Å²) in [5.41, 5.74) is 4.29. The summed E-state index contributed by atoms with van der Waals surface area (Å²) in [5.74, 6) is 0.745. The third-order valence-corrected chi connectivity index (χ3v) is 3.98. The number of amides is 1. The van der Waals surface area contributed by atoms with Gasteiger partial charge in [-0.15, -0.1) is 0 Å². The first-order valence-corrected chi connectivity index (χ1v) is 9.57. The predicted molar refractivity (Wildman–Crippen MR) is 116 cm³/mol. The van der Waals surface area contributed by atoms with E-state index in [1.54, 1.807) is 0 Å². The summed E-state index contributed by atoms with van der Waals surface area (Å²) in [6.07, 6.45) is 0. The van der Waals surface area contributed by atoms with Gasteiger partial charge in [0, 0.05) is 18.8 Å². The molecule has 2 rings (SSSR count). The smallest absolute Gasteiger partial charge is 0.238 e. The number of hydrogen-bond donors (Lipinski definition) is 3. The number of carbonyl (C=O) groups is 1. The van der Waals surface area contributed by atoms with Crippen LogP contribution in [-0.2, 0) is 17.9 Å². The van der Waals surface area contributed by atoms with Crippen molar-refractivity contribution in [3.05, 3.63) is 65.2 Å². The summed E-state index contributed by atoms with van der Waals surface area (Å²) in [6, 6.07) is 16.2. The number of guanidine groups is 1. The molecule has 2 aromatic rings. The number of nitrogens with one attached hydrogen (secondary N) is 3. The maximum Gasteiger partial charge on any atom is 0.238 e. The van der Waals surface area contributed by atoms with E-state index in [4.69, 9.17) is 0 Å². The Hall–Kier alpha value is -2.86. The van der Waals surface area contributed by atoms with Crippen LogP contribution < -0.4 is 16.0 Å². The van der Waals surface area contributed by atoms with E-state index < -0.39 is 0 Å². The van der Waals surface area contributed by atoms with Crippen LogP contribution in [0.25, 0.3) is 0 Å². The maximum atomic E-state index is 11.9. The molecule has 0 fully saturated rings. The van der Waals surface area contributed by atoms with Gasteiger partial charge in [-0.1, -0.05) is 42.0 Å². The molecule has 0 heterocycles. The van der Waals surface area contributed by atoms with Crippen molar-refractivity contribution in [2.75, 3.05) is 32.5 Å². The molecule has 0 spiro atoms. The molecule has 0 aliphatic rings. The second-order valence-corrected chi connectivity index (χ2v) is 7.02. The van der Waals surface area contributed by atoms with E-state index in [0.29, 0.717) is 19.6 Å². The van der Waals surface area contributed by atoms with Gasteiger partial charge in [0.25, 0.3) is 0 Å². The number of likely N-dealkylation sites (N-methyl/N-ethyl adjacent to an activating group) is 1. The van der Waals surface area contributed by atoms with Gasteiger partial charge in [-0.3, -0.25) is 4.79 Å². The van der Waals surface area contributed by atoms with Crippen LogP contribution in [-0.4, -0.2) is 44.0 Å². The van der Waals surface area contributed by atoms with Crippen LogP contribution in [0.2, 0.25) is 0 Å². The van der Waals surface area contributed by atoms with Crippen LogP contribution in [0.5, 0.6) is 0 Å². The van der Waals surface area contributed by atoms with Gasteiger partial charge in [-0.25, -0.2) is 4.99 Å². The first kappa shape index (κ1) is 21.4. The molecule has 0 aliphatic carbocycles. The Bertz CT molecular complexity index is 801. The normalized spacial score (nSPS) is 11.4. The van der Waals surface area contributed by atoms with Crippen LogP contribution in [0.4, 0.5) is 5.69 Å². The quantitative estimate of drug-likeness (QED) is 0.486. The molecule has 150 valence electrons. The summed E-state index contributed by atoms with van der Waals surface area (Å²) in [5, 5.41) is 9.55. The molecule has 0 aliphatic heterocycles. The number of anilines is 1. The van der Waals surface area contributed by atoms with Gasteiger partial charge in [-0.05, 0) is 51.2 Å². The van der Waals surface area contributed by atoms with Crippen molar-refractivity contribution in [3.8, 4) is 0 Å². The highest BCUT2D eigenvalue weighted by Crippen LogP contribution is 2.11. The molecule has 0 bridgehead atoms. The van der Waals surface area contributed by atoms with E-state index in [0.717, 1.165) is 23.8 Å². The van der Waals surface area contributed by atoms with Gasteiger partial charge in [-0.2, -0.15) is 0 Å². The maximum absolute atomic E-state index is 11.9. The van der Waals surface area contributed by atoms with Gasteiger partial charge in [0.15, 0.2) is 5.96 Å². The van der Waals surface area contributed by atoms with E-state index >= 15 is 0 Å². The lowest BCUT2D eigenvalue weighted by atomic mass is 10.1. The molecule has 28 heavy (non-hydrogen) atoms. The molecule has 0 aromatic heterocycles. The number of aryl methyl sites for hydroxylation is 1. The topological polar surface area (TPSA) is 68.8 Å². The highest BCUT2D eigenvalue weighted by atomic mass is 16.2. The van der Waals surface area contributed by atoms with E-state index in [1.165, 1.54) is 11.1 Å². The largest absolute Gasteiger partial charge is 0.357 e. The number of benzene rings is 2. The zero-order chi connectivity index (χ0) is 20.4. The van der Waals surface area contributed by atoms with Crippen molar-refractivity contribution in [2.45, 2.75) is 26.9 Å².